The average molecular weight is 368 g/mol. The lowest BCUT2D eigenvalue weighted by molar-refractivity contribution is 0.102. The molecule has 0 atom stereocenters. The van der Waals surface area contributed by atoms with E-state index < -0.39 is 0 Å². The minimum atomic E-state index is -0.167. The molecule has 0 radical (unpaired) electrons. The smallest absolute Gasteiger partial charge is 0.193 e. The predicted molar refractivity (Wildman–Crippen MR) is 115 cm³/mol. The van der Waals surface area contributed by atoms with Crippen molar-refractivity contribution in [3.8, 4) is 0 Å². The molecule has 0 aliphatic heterocycles. The topological polar surface area (TPSA) is 34.1 Å². The number of benzene rings is 3. The van der Waals surface area contributed by atoms with E-state index >= 15 is 0 Å². The number of allylic oxidation sites excluding steroid dienone is 2. The maximum Gasteiger partial charge on any atom is 0.193 e. The summed E-state index contributed by atoms with van der Waals surface area (Å²) in [6.45, 7) is 4.34. The van der Waals surface area contributed by atoms with Gasteiger partial charge in [0, 0.05) is 16.7 Å². The fraction of sp³-hybridized carbons (Fsp3) is 0.154. The van der Waals surface area contributed by atoms with Crippen LogP contribution in [0, 0.1) is 5.92 Å². The Morgan fingerprint density at radius 1 is 0.714 bits per heavy atom. The van der Waals surface area contributed by atoms with E-state index in [1.165, 1.54) is 11.6 Å². The zero-order valence-electron chi connectivity index (χ0n) is 16.3. The fourth-order valence-electron chi connectivity index (χ4n) is 3.13. The van der Waals surface area contributed by atoms with Crippen molar-refractivity contribution in [2.75, 3.05) is 0 Å². The summed E-state index contributed by atoms with van der Waals surface area (Å²) in [5.41, 5.74) is 3.50. The monoisotopic (exact) mass is 368 g/mol. The van der Waals surface area contributed by atoms with Crippen LogP contribution in [0.2, 0.25) is 0 Å². The van der Waals surface area contributed by atoms with Gasteiger partial charge in [0.1, 0.15) is 0 Å². The van der Waals surface area contributed by atoms with Gasteiger partial charge in [-0.15, -0.1) is 0 Å². The van der Waals surface area contributed by atoms with Crippen molar-refractivity contribution in [3.63, 3.8) is 0 Å². The molecule has 3 rings (SSSR count). The van der Waals surface area contributed by atoms with Crippen molar-refractivity contribution < 1.29 is 9.59 Å². The molecule has 3 aromatic rings. The molecule has 0 heterocycles. The zero-order chi connectivity index (χ0) is 19.9. The average Bonchev–Trinajstić information content (AvgIpc) is 2.73. The normalized spacial score (nSPS) is 11.5. The van der Waals surface area contributed by atoms with E-state index in [9.17, 15) is 9.59 Å². The minimum Gasteiger partial charge on any atom is -0.289 e. The van der Waals surface area contributed by atoms with Gasteiger partial charge in [0.2, 0.25) is 0 Å². The van der Waals surface area contributed by atoms with Crippen LogP contribution < -0.4 is 0 Å². The Bertz CT molecular complexity index is 966. The van der Waals surface area contributed by atoms with Gasteiger partial charge in [-0.2, -0.15) is 0 Å². The van der Waals surface area contributed by atoms with Gasteiger partial charge in [-0.05, 0) is 29.5 Å². The molecule has 0 bridgehead atoms. The van der Waals surface area contributed by atoms with Crippen molar-refractivity contribution in [3.05, 3.63) is 113 Å². The first-order chi connectivity index (χ1) is 13.5. The van der Waals surface area contributed by atoms with Crippen molar-refractivity contribution in [2.45, 2.75) is 20.3 Å². The Balaban J connectivity index is 1.94. The molecule has 0 saturated carbocycles. The molecule has 0 aromatic heterocycles. The highest BCUT2D eigenvalue weighted by Crippen LogP contribution is 2.21. The number of hydrogen-bond acceptors (Lipinski definition) is 2. The number of hydrogen-bond donors (Lipinski definition) is 0. The summed E-state index contributed by atoms with van der Waals surface area (Å²) >= 11 is 0. The van der Waals surface area contributed by atoms with Crippen LogP contribution in [0.4, 0.5) is 0 Å². The van der Waals surface area contributed by atoms with E-state index in [0.29, 0.717) is 22.6 Å². The summed E-state index contributed by atoms with van der Waals surface area (Å²) in [5.74, 6) is 0.241. The summed E-state index contributed by atoms with van der Waals surface area (Å²) in [5, 5.41) is 0. The van der Waals surface area contributed by atoms with E-state index in [4.69, 9.17) is 0 Å². The van der Waals surface area contributed by atoms with E-state index in [2.05, 4.69) is 13.8 Å². The Morgan fingerprint density at radius 3 is 1.79 bits per heavy atom. The fourth-order valence-corrected chi connectivity index (χ4v) is 3.13. The van der Waals surface area contributed by atoms with Crippen LogP contribution in [0.5, 0.6) is 0 Å². The molecule has 0 amide bonds. The number of carbonyl (C=O) groups excluding carboxylic acids is 2. The number of ketones is 2. The van der Waals surface area contributed by atoms with Crippen LogP contribution in [0.1, 0.15) is 45.7 Å². The molecule has 0 N–H and O–H groups in total. The molecule has 0 aliphatic carbocycles. The van der Waals surface area contributed by atoms with Gasteiger partial charge >= 0.3 is 0 Å². The predicted octanol–water partition coefficient (Wildman–Crippen LogP) is 6.03. The lowest BCUT2D eigenvalue weighted by atomic mass is 9.94. The first-order valence-corrected chi connectivity index (χ1v) is 9.54. The molecule has 28 heavy (non-hydrogen) atoms. The molecule has 0 saturated heterocycles. The quantitative estimate of drug-likeness (QED) is 0.377. The zero-order valence-corrected chi connectivity index (χ0v) is 16.3. The Kier molecular flexibility index (Phi) is 6.33. The summed E-state index contributed by atoms with van der Waals surface area (Å²) in [4.78, 5) is 25.9. The van der Waals surface area contributed by atoms with Gasteiger partial charge in [-0.1, -0.05) is 98.8 Å². The maximum absolute atomic E-state index is 13.1. The highest BCUT2D eigenvalue weighted by atomic mass is 16.1. The van der Waals surface area contributed by atoms with Crippen molar-refractivity contribution in [1.29, 1.82) is 0 Å². The van der Waals surface area contributed by atoms with Crippen LogP contribution in [-0.4, -0.2) is 11.6 Å². The molecule has 2 nitrogen and oxygen atoms in total. The summed E-state index contributed by atoms with van der Waals surface area (Å²) in [7, 11) is 0. The number of carbonyl (C=O) groups is 2. The highest BCUT2D eigenvalue weighted by Gasteiger charge is 2.16. The van der Waals surface area contributed by atoms with Crippen LogP contribution >= 0.6 is 0 Å². The van der Waals surface area contributed by atoms with Gasteiger partial charge in [0.25, 0.3) is 0 Å². The third-order valence-corrected chi connectivity index (χ3v) is 4.52. The molecule has 0 spiro atoms. The van der Waals surface area contributed by atoms with Gasteiger partial charge in [-0.25, -0.2) is 0 Å². The molecule has 0 aliphatic rings. The number of Topliss-reactive ketones (excluding diaryl/α,β-unsaturated/α-hetero) is 1. The van der Waals surface area contributed by atoms with Crippen LogP contribution in [0.3, 0.4) is 0 Å². The van der Waals surface area contributed by atoms with E-state index in [1.807, 2.05) is 72.8 Å². The van der Waals surface area contributed by atoms with Gasteiger partial charge in [0.15, 0.2) is 11.6 Å². The third-order valence-electron chi connectivity index (χ3n) is 4.52. The standard InChI is InChI=1S/C26H24O2/c1-19(2)17-20-13-15-22(16-14-20)25(27)18-24(21-9-5-3-6-10-21)26(28)23-11-7-4-8-12-23/h3-16,18-19H,17H2,1-2H3/b24-18-. The lowest BCUT2D eigenvalue weighted by Crippen LogP contribution is -2.06. The van der Waals surface area contributed by atoms with Crippen molar-refractivity contribution >= 4 is 17.1 Å². The molecule has 0 fully saturated rings. The second kappa shape index (κ2) is 9.09. The van der Waals surface area contributed by atoms with Gasteiger partial charge in [-0.3, -0.25) is 9.59 Å². The third kappa shape index (κ3) is 4.92. The molecule has 140 valence electrons. The molecular formula is C26H24O2. The molecule has 3 aromatic carbocycles. The van der Waals surface area contributed by atoms with Crippen molar-refractivity contribution in [2.24, 2.45) is 5.92 Å². The van der Waals surface area contributed by atoms with Gasteiger partial charge in [0.05, 0.1) is 0 Å². The van der Waals surface area contributed by atoms with E-state index in [0.717, 1.165) is 12.0 Å². The first kappa shape index (κ1) is 19.5. The summed E-state index contributed by atoms with van der Waals surface area (Å²) in [6.07, 6.45) is 2.44. The van der Waals surface area contributed by atoms with Crippen LogP contribution in [0.25, 0.3) is 5.57 Å². The minimum absolute atomic E-state index is 0.156. The van der Waals surface area contributed by atoms with E-state index in [1.54, 1.807) is 12.1 Å². The second-order valence-corrected chi connectivity index (χ2v) is 7.28. The largest absolute Gasteiger partial charge is 0.289 e. The number of rotatable bonds is 7. The van der Waals surface area contributed by atoms with Crippen LogP contribution in [-0.2, 0) is 6.42 Å². The molecule has 2 heteroatoms. The Labute approximate surface area is 166 Å². The van der Waals surface area contributed by atoms with E-state index in [-0.39, 0.29) is 11.6 Å². The maximum atomic E-state index is 13.1. The lowest BCUT2D eigenvalue weighted by Gasteiger charge is -2.08. The molecule has 0 unspecified atom stereocenters. The summed E-state index contributed by atoms with van der Waals surface area (Å²) in [6, 6.07) is 26.0. The SMILES string of the molecule is CC(C)Cc1ccc(C(=O)/C=C(\C(=O)c2ccccc2)c2ccccc2)cc1. The summed E-state index contributed by atoms with van der Waals surface area (Å²) < 4.78 is 0. The highest BCUT2D eigenvalue weighted by molar-refractivity contribution is 6.32. The van der Waals surface area contributed by atoms with Gasteiger partial charge < -0.3 is 0 Å². The Morgan fingerprint density at radius 2 is 1.25 bits per heavy atom. The Hall–Kier alpha value is -3.26. The first-order valence-electron chi connectivity index (χ1n) is 9.54. The van der Waals surface area contributed by atoms with Crippen LogP contribution in [0.15, 0.2) is 91.0 Å². The molecular weight excluding hydrogens is 344 g/mol. The van der Waals surface area contributed by atoms with Crippen molar-refractivity contribution in [1.82, 2.24) is 0 Å². The second-order valence-electron chi connectivity index (χ2n) is 7.28.